The van der Waals surface area contributed by atoms with Crippen molar-refractivity contribution in [3.8, 4) is 33.7 Å². The summed E-state index contributed by atoms with van der Waals surface area (Å²) in [6.07, 6.45) is 0. The van der Waals surface area contributed by atoms with Gasteiger partial charge in [-0.25, -0.2) is 4.98 Å². The number of para-hydroxylation sites is 1. The number of hydrogen-bond donors (Lipinski definition) is 0. The van der Waals surface area contributed by atoms with Gasteiger partial charge in [-0.05, 0) is 117 Å². The second kappa shape index (κ2) is 12.6. The van der Waals surface area contributed by atoms with Gasteiger partial charge in [0.25, 0.3) is 0 Å². The molecule has 2 heterocycles. The Morgan fingerprint density at radius 1 is 0.345 bits per heavy atom. The molecule has 0 fully saturated rings. The summed E-state index contributed by atoms with van der Waals surface area (Å²) >= 11 is 0. The van der Waals surface area contributed by atoms with E-state index in [1.54, 1.807) is 0 Å². The summed E-state index contributed by atoms with van der Waals surface area (Å²) in [6.45, 7) is 0. The number of hydrogen-bond acceptors (Lipinski definition) is 4. The van der Waals surface area contributed by atoms with E-state index in [0.717, 1.165) is 66.8 Å². The quantitative estimate of drug-likeness (QED) is 0.162. The van der Waals surface area contributed by atoms with Crippen molar-refractivity contribution in [2.24, 2.45) is 0 Å². The van der Waals surface area contributed by atoms with Crippen molar-refractivity contribution < 1.29 is 8.83 Å². The molecule has 0 radical (unpaired) electrons. The lowest BCUT2D eigenvalue weighted by atomic mass is 9.93. The minimum atomic E-state index is 0.607. The van der Waals surface area contributed by atoms with Crippen molar-refractivity contribution in [2.75, 3.05) is 4.90 Å². The third-order valence-electron chi connectivity index (χ3n) is 10.7. The molecule has 0 unspecified atom stereocenters. The zero-order valence-electron chi connectivity index (χ0n) is 29.7. The van der Waals surface area contributed by atoms with E-state index in [9.17, 15) is 0 Å². The summed E-state index contributed by atoms with van der Waals surface area (Å²) in [5.41, 5.74) is 12.0. The van der Waals surface area contributed by atoms with Crippen LogP contribution < -0.4 is 4.90 Å². The first-order chi connectivity index (χ1) is 27.2. The van der Waals surface area contributed by atoms with Gasteiger partial charge in [-0.1, -0.05) is 115 Å². The van der Waals surface area contributed by atoms with Crippen LogP contribution in [0.5, 0.6) is 0 Å². The minimum Gasteiger partial charge on any atom is -0.456 e. The van der Waals surface area contributed by atoms with Crippen LogP contribution in [0.2, 0.25) is 0 Å². The van der Waals surface area contributed by atoms with Crippen molar-refractivity contribution in [3.05, 3.63) is 194 Å². The summed E-state index contributed by atoms with van der Waals surface area (Å²) in [5.74, 6) is 0.607. The Morgan fingerprint density at radius 3 is 1.71 bits per heavy atom. The highest BCUT2D eigenvalue weighted by Crippen LogP contribution is 2.40. The molecule has 0 saturated heterocycles. The largest absolute Gasteiger partial charge is 0.456 e. The van der Waals surface area contributed by atoms with Gasteiger partial charge >= 0.3 is 0 Å². The van der Waals surface area contributed by atoms with Gasteiger partial charge in [0.1, 0.15) is 16.7 Å². The predicted molar refractivity (Wildman–Crippen MR) is 227 cm³/mol. The summed E-state index contributed by atoms with van der Waals surface area (Å²) in [7, 11) is 0. The Balaban J connectivity index is 0.927. The van der Waals surface area contributed by atoms with Gasteiger partial charge in [0.2, 0.25) is 5.89 Å². The van der Waals surface area contributed by atoms with Crippen LogP contribution in [-0.4, -0.2) is 4.98 Å². The van der Waals surface area contributed by atoms with Crippen LogP contribution in [0.4, 0.5) is 17.1 Å². The average Bonchev–Trinajstić information content (AvgIpc) is 3.84. The maximum atomic E-state index is 6.41. The number of benzene rings is 9. The number of nitrogens with zero attached hydrogens (tertiary/aromatic N) is 2. The van der Waals surface area contributed by atoms with E-state index < -0.39 is 0 Å². The van der Waals surface area contributed by atoms with E-state index >= 15 is 0 Å². The highest BCUT2D eigenvalue weighted by atomic mass is 16.4. The van der Waals surface area contributed by atoms with Crippen LogP contribution in [0.3, 0.4) is 0 Å². The first-order valence-electron chi connectivity index (χ1n) is 18.5. The SMILES string of the molecule is c1ccc(-c2nc3cc4oc5cc(-c6ccc(N(c7ccccc7)c7ccc(-c8cc9ccccc9c9ccccc89)cc7)cc6)ccc5c4cc3o2)cc1. The van der Waals surface area contributed by atoms with E-state index in [-0.39, 0.29) is 0 Å². The maximum absolute atomic E-state index is 6.41. The van der Waals surface area contributed by atoms with Crippen molar-refractivity contribution in [3.63, 3.8) is 0 Å². The molecular weight excluding hydrogens is 673 g/mol. The number of anilines is 3. The van der Waals surface area contributed by atoms with Gasteiger partial charge in [-0.15, -0.1) is 0 Å². The van der Waals surface area contributed by atoms with Crippen LogP contribution in [-0.2, 0) is 0 Å². The molecule has 2 aromatic heterocycles. The smallest absolute Gasteiger partial charge is 0.227 e. The molecule has 0 saturated carbocycles. The molecule has 0 spiro atoms. The zero-order chi connectivity index (χ0) is 36.3. The lowest BCUT2D eigenvalue weighted by molar-refractivity contribution is 0.620. The standard InChI is InChI=1S/C51H32N2O2/c1-3-11-35(12-4-1)51-52-47-32-49-46(31-50(47)55-51)44-28-23-36(30-48(44)54-49)33-19-24-39(25-20-33)53(38-14-5-2-6-15-38)40-26-21-34(22-27-40)45-29-37-13-7-8-16-41(37)42-17-9-10-18-43(42)45/h1-32H. The van der Waals surface area contributed by atoms with Gasteiger partial charge in [0.05, 0.1) is 0 Å². The maximum Gasteiger partial charge on any atom is 0.227 e. The Morgan fingerprint density at radius 2 is 0.945 bits per heavy atom. The highest BCUT2D eigenvalue weighted by Gasteiger charge is 2.17. The molecule has 0 atom stereocenters. The van der Waals surface area contributed by atoms with Crippen LogP contribution in [0.25, 0.3) is 88.3 Å². The molecule has 9 aromatic carbocycles. The molecule has 258 valence electrons. The molecule has 11 aromatic rings. The summed E-state index contributed by atoms with van der Waals surface area (Å²) < 4.78 is 12.6. The molecule has 0 aliphatic rings. The first kappa shape index (κ1) is 31.1. The zero-order valence-corrected chi connectivity index (χ0v) is 29.7. The Hall–Kier alpha value is -7.43. The summed E-state index contributed by atoms with van der Waals surface area (Å²) in [5, 5.41) is 7.12. The van der Waals surface area contributed by atoms with Gasteiger partial charge in [-0.3, -0.25) is 0 Å². The number of aromatic nitrogens is 1. The predicted octanol–water partition coefficient (Wildman–Crippen LogP) is 14.5. The Labute approximate surface area is 317 Å². The van der Waals surface area contributed by atoms with E-state index in [2.05, 4.69) is 157 Å². The third-order valence-corrected chi connectivity index (χ3v) is 10.7. The molecule has 0 N–H and O–H groups in total. The fourth-order valence-electron chi connectivity index (χ4n) is 7.99. The third kappa shape index (κ3) is 5.34. The second-order valence-electron chi connectivity index (χ2n) is 14.0. The lowest BCUT2D eigenvalue weighted by Gasteiger charge is -2.26. The van der Waals surface area contributed by atoms with Crippen LogP contribution in [0.1, 0.15) is 0 Å². The van der Waals surface area contributed by atoms with Crippen molar-refractivity contribution in [1.29, 1.82) is 0 Å². The molecular formula is C51H32N2O2. The normalized spacial score (nSPS) is 11.6. The van der Waals surface area contributed by atoms with Gasteiger partial charge in [-0.2, -0.15) is 0 Å². The molecule has 0 amide bonds. The first-order valence-corrected chi connectivity index (χ1v) is 18.5. The molecule has 0 bridgehead atoms. The van der Waals surface area contributed by atoms with Crippen LogP contribution in [0, 0.1) is 0 Å². The average molecular weight is 705 g/mol. The van der Waals surface area contributed by atoms with E-state index in [4.69, 9.17) is 13.8 Å². The topological polar surface area (TPSA) is 42.4 Å². The van der Waals surface area contributed by atoms with Gasteiger partial charge < -0.3 is 13.7 Å². The van der Waals surface area contributed by atoms with E-state index in [1.807, 2.05) is 42.5 Å². The summed E-state index contributed by atoms with van der Waals surface area (Å²) in [4.78, 5) is 7.05. The number of rotatable bonds is 6. The fraction of sp³-hybridized carbons (Fsp3) is 0. The summed E-state index contributed by atoms with van der Waals surface area (Å²) in [6, 6.07) is 68.3. The molecule has 4 nitrogen and oxygen atoms in total. The van der Waals surface area contributed by atoms with Crippen LogP contribution in [0.15, 0.2) is 203 Å². The second-order valence-corrected chi connectivity index (χ2v) is 14.0. The van der Waals surface area contributed by atoms with Gasteiger partial charge in [0, 0.05) is 39.5 Å². The van der Waals surface area contributed by atoms with E-state index in [0.29, 0.717) is 5.89 Å². The van der Waals surface area contributed by atoms with Crippen LogP contribution >= 0.6 is 0 Å². The lowest BCUT2D eigenvalue weighted by Crippen LogP contribution is -2.09. The van der Waals surface area contributed by atoms with Crippen molar-refractivity contribution in [2.45, 2.75) is 0 Å². The van der Waals surface area contributed by atoms with E-state index in [1.165, 1.54) is 32.7 Å². The molecule has 11 rings (SSSR count). The Kier molecular flexibility index (Phi) is 7.14. The number of oxazole rings is 1. The minimum absolute atomic E-state index is 0.607. The number of fused-ring (bicyclic) bond motifs is 7. The highest BCUT2D eigenvalue weighted by molar-refractivity contribution is 6.14. The molecule has 55 heavy (non-hydrogen) atoms. The van der Waals surface area contributed by atoms with Crippen molar-refractivity contribution in [1.82, 2.24) is 4.98 Å². The fourth-order valence-corrected chi connectivity index (χ4v) is 7.99. The van der Waals surface area contributed by atoms with Gasteiger partial charge in [0.15, 0.2) is 5.58 Å². The monoisotopic (exact) mass is 704 g/mol. The number of furan rings is 1. The Bertz CT molecular complexity index is 3180. The molecule has 0 aliphatic carbocycles. The molecule has 4 heteroatoms. The van der Waals surface area contributed by atoms with Crippen molar-refractivity contribution >= 4 is 71.6 Å². The molecule has 0 aliphatic heterocycles.